The molecule has 1 amide bonds. The molecular weight excluding hydrogens is 329 g/mol. The minimum absolute atomic E-state index is 0. The maximum absolute atomic E-state index is 12.6. The summed E-state index contributed by atoms with van der Waals surface area (Å²) in [6.07, 6.45) is 1.02. The number of amides is 1. The lowest BCUT2D eigenvalue weighted by atomic mass is 10.1. The molecule has 2 aliphatic rings. The number of hydrogen-bond donors (Lipinski definition) is 1. The van der Waals surface area contributed by atoms with Crippen LogP contribution in [0.3, 0.4) is 0 Å². The summed E-state index contributed by atoms with van der Waals surface area (Å²) >= 11 is 1.82. The van der Waals surface area contributed by atoms with E-state index in [1.165, 1.54) is 10.4 Å². The van der Waals surface area contributed by atoms with Gasteiger partial charge >= 0.3 is 0 Å². The van der Waals surface area contributed by atoms with Gasteiger partial charge in [0.05, 0.1) is 6.04 Å². The van der Waals surface area contributed by atoms with E-state index < -0.39 is 0 Å². The maximum atomic E-state index is 12.6. The standard InChI is InChI=1S/C14H21N3OS.2ClH/c1-11(16-7-4-15-5-8-16)14(18)17-6-2-13-12(10-17)3-9-19-13;;/h3,9,11,15H,2,4-8,10H2,1H3;2*1H. The van der Waals surface area contributed by atoms with Crippen molar-refractivity contribution in [2.45, 2.75) is 25.9 Å². The molecule has 3 rings (SSSR count). The number of fused-ring (bicyclic) bond motifs is 1. The van der Waals surface area contributed by atoms with Crippen molar-refractivity contribution >= 4 is 42.1 Å². The normalized spacial score (nSPS) is 20.0. The van der Waals surface area contributed by atoms with Gasteiger partial charge < -0.3 is 10.2 Å². The van der Waals surface area contributed by atoms with Crippen LogP contribution in [-0.4, -0.2) is 54.5 Å². The van der Waals surface area contributed by atoms with E-state index in [1.54, 1.807) is 0 Å². The van der Waals surface area contributed by atoms with Crippen LogP contribution >= 0.6 is 36.2 Å². The van der Waals surface area contributed by atoms with Gasteiger partial charge in [-0.05, 0) is 30.4 Å². The van der Waals surface area contributed by atoms with Crippen LogP contribution in [0.25, 0.3) is 0 Å². The summed E-state index contributed by atoms with van der Waals surface area (Å²) in [4.78, 5) is 18.4. The average molecular weight is 352 g/mol. The van der Waals surface area contributed by atoms with Crippen LogP contribution in [0.4, 0.5) is 0 Å². The molecule has 1 saturated heterocycles. The summed E-state index contributed by atoms with van der Waals surface area (Å²) in [5.41, 5.74) is 1.34. The van der Waals surface area contributed by atoms with Gasteiger partial charge in [-0.3, -0.25) is 9.69 Å². The van der Waals surface area contributed by atoms with Crippen molar-refractivity contribution in [1.29, 1.82) is 0 Å². The van der Waals surface area contributed by atoms with Crippen molar-refractivity contribution in [3.05, 3.63) is 21.9 Å². The second-order valence-electron chi connectivity index (χ2n) is 5.34. The number of thiophene rings is 1. The van der Waals surface area contributed by atoms with E-state index >= 15 is 0 Å². The van der Waals surface area contributed by atoms with Crippen molar-refractivity contribution in [2.75, 3.05) is 32.7 Å². The highest BCUT2D eigenvalue weighted by atomic mass is 35.5. The predicted molar refractivity (Wildman–Crippen MR) is 91.8 cm³/mol. The molecule has 21 heavy (non-hydrogen) atoms. The van der Waals surface area contributed by atoms with Crippen LogP contribution in [0.5, 0.6) is 0 Å². The molecule has 7 heteroatoms. The molecule has 0 radical (unpaired) electrons. The van der Waals surface area contributed by atoms with E-state index in [1.807, 2.05) is 16.2 Å². The lowest BCUT2D eigenvalue weighted by Gasteiger charge is -2.36. The molecule has 0 aliphatic carbocycles. The molecule has 0 bridgehead atoms. The molecule has 1 aromatic rings. The van der Waals surface area contributed by atoms with Gasteiger partial charge in [0.2, 0.25) is 5.91 Å². The summed E-state index contributed by atoms with van der Waals surface area (Å²) < 4.78 is 0. The smallest absolute Gasteiger partial charge is 0.239 e. The quantitative estimate of drug-likeness (QED) is 0.881. The fraction of sp³-hybridized carbons (Fsp3) is 0.643. The summed E-state index contributed by atoms with van der Waals surface area (Å²) in [6, 6.07) is 2.18. The first-order chi connectivity index (χ1) is 9.25. The Kier molecular flexibility index (Phi) is 7.44. The van der Waals surface area contributed by atoms with Crippen molar-refractivity contribution in [3.63, 3.8) is 0 Å². The highest BCUT2D eigenvalue weighted by Gasteiger charge is 2.29. The molecule has 120 valence electrons. The number of halogens is 2. The largest absolute Gasteiger partial charge is 0.337 e. The first kappa shape index (κ1) is 18.7. The fourth-order valence-corrected chi connectivity index (χ4v) is 3.82. The molecule has 0 aromatic carbocycles. The number of nitrogens with zero attached hydrogens (tertiary/aromatic N) is 2. The molecular formula is C14H23Cl2N3OS. The number of hydrogen-bond acceptors (Lipinski definition) is 4. The monoisotopic (exact) mass is 351 g/mol. The van der Waals surface area contributed by atoms with Crippen molar-refractivity contribution in [3.8, 4) is 0 Å². The van der Waals surface area contributed by atoms with Crippen LogP contribution in [0, 0.1) is 0 Å². The number of rotatable bonds is 2. The third-order valence-electron chi connectivity index (χ3n) is 4.18. The Morgan fingerprint density at radius 1 is 1.29 bits per heavy atom. The summed E-state index contributed by atoms with van der Waals surface area (Å²) in [6.45, 7) is 7.67. The Hall–Kier alpha value is -0.330. The van der Waals surface area contributed by atoms with Gasteiger partial charge in [-0.25, -0.2) is 0 Å². The Labute approximate surface area is 142 Å². The SMILES string of the molecule is CC(C(=O)N1CCc2sccc2C1)N1CCNCC1.Cl.Cl. The highest BCUT2D eigenvalue weighted by Crippen LogP contribution is 2.24. The molecule has 1 atom stereocenters. The second-order valence-corrected chi connectivity index (χ2v) is 6.34. The molecule has 1 aromatic heterocycles. The van der Waals surface area contributed by atoms with Crippen LogP contribution < -0.4 is 5.32 Å². The first-order valence-corrected chi connectivity index (χ1v) is 7.92. The van der Waals surface area contributed by atoms with Crippen LogP contribution in [0.2, 0.25) is 0 Å². The number of carbonyl (C=O) groups excluding carboxylic acids is 1. The molecule has 0 saturated carbocycles. The van der Waals surface area contributed by atoms with Crippen LogP contribution in [0.1, 0.15) is 17.4 Å². The summed E-state index contributed by atoms with van der Waals surface area (Å²) in [5, 5.41) is 5.47. The molecule has 0 spiro atoms. The van der Waals surface area contributed by atoms with Crippen molar-refractivity contribution in [1.82, 2.24) is 15.1 Å². The zero-order chi connectivity index (χ0) is 13.2. The predicted octanol–water partition coefficient (Wildman–Crippen LogP) is 1.77. The number of nitrogens with one attached hydrogen (secondary N) is 1. The van der Waals surface area contributed by atoms with Gasteiger partial charge in [-0.2, -0.15) is 0 Å². The maximum Gasteiger partial charge on any atom is 0.239 e. The van der Waals surface area contributed by atoms with E-state index in [2.05, 4.69) is 28.6 Å². The fourth-order valence-electron chi connectivity index (χ4n) is 2.93. The van der Waals surface area contributed by atoms with Crippen molar-refractivity contribution < 1.29 is 4.79 Å². The average Bonchev–Trinajstić information content (AvgIpc) is 2.94. The van der Waals surface area contributed by atoms with E-state index in [4.69, 9.17) is 0 Å². The molecule has 3 heterocycles. The van der Waals surface area contributed by atoms with Gasteiger partial charge in [0, 0.05) is 44.1 Å². The Bertz CT molecular complexity index is 463. The Morgan fingerprint density at radius 2 is 2.00 bits per heavy atom. The Morgan fingerprint density at radius 3 is 2.71 bits per heavy atom. The lowest BCUT2D eigenvalue weighted by Crippen LogP contribution is -2.54. The second kappa shape index (κ2) is 8.34. The minimum Gasteiger partial charge on any atom is -0.337 e. The van der Waals surface area contributed by atoms with Crippen molar-refractivity contribution in [2.24, 2.45) is 0 Å². The molecule has 1 N–H and O–H groups in total. The highest BCUT2D eigenvalue weighted by molar-refractivity contribution is 7.10. The third-order valence-corrected chi connectivity index (χ3v) is 5.20. The van der Waals surface area contributed by atoms with E-state index in [0.29, 0.717) is 5.91 Å². The van der Waals surface area contributed by atoms with Gasteiger partial charge in [-0.1, -0.05) is 0 Å². The van der Waals surface area contributed by atoms with Gasteiger partial charge in [0.1, 0.15) is 0 Å². The number of piperazine rings is 1. The van der Waals surface area contributed by atoms with Gasteiger partial charge in [0.25, 0.3) is 0 Å². The van der Waals surface area contributed by atoms with Crippen LogP contribution in [-0.2, 0) is 17.8 Å². The summed E-state index contributed by atoms with van der Waals surface area (Å²) in [5.74, 6) is 0.291. The lowest BCUT2D eigenvalue weighted by molar-refractivity contribution is -0.137. The Balaban J connectivity index is 0.00000110. The summed E-state index contributed by atoms with van der Waals surface area (Å²) in [7, 11) is 0. The van der Waals surface area contributed by atoms with E-state index in [9.17, 15) is 4.79 Å². The molecule has 1 unspecified atom stereocenters. The van der Waals surface area contributed by atoms with Crippen LogP contribution in [0.15, 0.2) is 11.4 Å². The minimum atomic E-state index is 0. The molecule has 2 aliphatic heterocycles. The van der Waals surface area contributed by atoms with Gasteiger partial charge in [0.15, 0.2) is 0 Å². The zero-order valence-electron chi connectivity index (χ0n) is 12.2. The van der Waals surface area contributed by atoms with E-state index in [0.717, 1.165) is 45.7 Å². The van der Waals surface area contributed by atoms with E-state index in [-0.39, 0.29) is 30.9 Å². The molecule has 4 nitrogen and oxygen atoms in total. The zero-order valence-corrected chi connectivity index (χ0v) is 14.7. The first-order valence-electron chi connectivity index (χ1n) is 7.04. The number of carbonyl (C=O) groups is 1. The van der Waals surface area contributed by atoms with Gasteiger partial charge in [-0.15, -0.1) is 36.2 Å². The molecule has 1 fully saturated rings. The topological polar surface area (TPSA) is 35.6 Å². The third kappa shape index (κ3) is 4.11.